The Bertz CT molecular complexity index is 2020. The Morgan fingerprint density at radius 2 is 1.79 bits per heavy atom. The van der Waals surface area contributed by atoms with Crippen LogP contribution in [0.1, 0.15) is 24.8 Å². The molecule has 2 fully saturated rings. The highest BCUT2D eigenvalue weighted by atomic mass is 35.5. The molecule has 3 aliphatic heterocycles. The van der Waals surface area contributed by atoms with Gasteiger partial charge in [-0.25, -0.2) is 15.0 Å². The van der Waals surface area contributed by atoms with Gasteiger partial charge >= 0.3 is 0 Å². The average molecular weight is 649 g/mol. The highest BCUT2D eigenvalue weighted by Gasteiger charge is 2.51. The van der Waals surface area contributed by atoms with Gasteiger partial charge in [-0.2, -0.15) is 10.2 Å². The third-order valence-electron chi connectivity index (χ3n) is 9.65. The summed E-state index contributed by atoms with van der Waals surface area (Å²) in [7, 11) is 1.86. The fourth-order valence-electron chi connectivity index (χ4n) is 7.02. The van der Waals surface area contributed by atoms with Crippen LogP contribution in [0.3, 0.4) is 0 Å². The number of hydrogen-bond donors (Lipinski definition) is 1. The predicted octanol–water partition coefficient (Wildman–Crippen LogP) is 4.21. The van der Waals surface area contributed by atoms with Crippen LogP contribution in [0.25, 0.3) is 39.3 Å². The zero-order valence-electron chi connectivity index (χ0n) is 25.9. The Morgan fingerprint density at radius 3 is 2.53 bits per heavy atom. The number of aromatic amines is 1. The number of nitrogens with one attached hydrogen (secondary N) is 1. The molecule has 0 saturated carbocycles. The molecule has 1 aromatic carbocycles. The first-order valence-electron chi connectivity index (χ1n) is 15.8. The molecule has 1 spiro atoms. The second kappa shape index (κ2) is 11.7. The number of halogens is 1. The third-order valence-corrected chi connectivity index (χ3v) is 9.87. The van der Waals surface area contributed by atoms with Crippen LogP contribution in [-0.4, -0.2) is 95.8 Å². The summed E-state index contributed by atoms with van der Waals surface area (Å²) in [6.07, 6.45) is 7.78. The second-order valence-corrected chi connectivity index (χ2v) is 13.0. The average Bonchev–Trinajstić information content (AvgIpc) is 3.89. The maximum Gasteiger partial charge on any atom is 0.237 e. The van der Waals surface area contributed by atoms with Crippen LogP contribution < -0.4 is 4.90 Å². The molecule has 7 heterocycles. The van der Waals surface area contributed by atoms with Gasteiger partial charge in [-0.1, -0.05) is 41.9 Å². The topological polar surface area (TPSA) is 129 Å². The normalized spacial score (nSPS) is 20.1. The van der Waals surface area contributed by atoms with E-state index in [9.17, 15) is 9.59 Å². The number of benzene rings is 1. The molecule has 3 aliphatic rings. The van der Waals surface area contributed by atoms with E-state index in [1.165, 1.54) is 5.57 Å². The first-order valence-corrected chi connectivity index (χ1v) is 16.2. The van der Waals surface area contributed by atoms with Gasteiger partial charge in [-0.3, -0.25) is 29.2 Å². The maximum atomic E-state index is 13.9. The Balaban J connectivity index is 0.894. The second-order valence-electron chi connectivity index (χ2n) is 12.6. The summed E-state index contributed by atoms with van der Waals surface area (Å²) in [5, 5.41) is 12.2. The smallest absolute Gasteiger partial charge is 0.237 e. The van der Waals surface area contributed by atoms with Crippen molar-refractivity contribution in [1.82, 2.24) is 44.7 Å². The van der Waals surface area contributed by atoms with Gasteiger partial charge in [-0.05, 0) is 61.2 Å². The Morgan fingerprint density at radius 1 is 0.979 bits per heavy atom. The van der Waals surface area contributed by atoms with E-state index in [0.29, 0.717) is 60.7 Å². The molecule has 13 heteroatoms. The van der Waals surface area contributed by atoms with Crippen LogP contribution in [0.15, 0.2) is 67.1 Å². The standard InChI is InChI=1S/C34H33ClN10O2/c1-42-21-37-32(41-42)24-4-2-22(3-5-24)23-10-14-44(15-11-23)29(46)19-43-16-12-34(20-43)13-17-45(33(34)47)28-9-7-26-31(38-28)30(40-39-26)25-6-8-27(35)36-18-25/h2-10,18,21H,11-17,19-20H2,1H3,(H,39,40)/t34-/m0/s1. The van der Waals surface area contributed by atoms with Crippen molar-refractivity contribution in [2.24, 2.45) is 12.5 Å². The number of likely N-dealkylation sites (tertiary alicyclic amines) is 1. The third kappa shape index (κ3) is 5.47. The van der Waals surface area contributed by atoms with Crippen molar-refractivity contribution < 1.29 is 9.59 Å². The lowest BCUT2D eigenvalue weighted by molar-refractivity contribution is -0.132. The number of fused-ring (bicyclic) bond motifs is 1. The molecule has 12 nitrogen and oxygen atoms in total. The Labute approximate surface area is 276 Å². The molecule has 2 saturated heterocycles. The number of aromatic nitrogens is 7. The first-order chi connectivity index (χ1) is 22.8. The van der Waals surface area contributed by atoms with E-state index in [1.54, 1.807) is 28.2 Å². The van der Waals surface area contributed by atoms with E-state index in [0.717, 1.165) is 48.0 Å². The van der Waals surface area contributed by atoms with Crippen LogP contribution in [0, 0.1) is 5.41 Å². The SMILES string of the molecule is Cn1cnc(-c2ccc(C3=CCN(C(=O)CN4CC[C@]5(CCN(c6ccc7[nH]nc(-c8ccc(Cl)nc8)c7n6)C5=O)C4)CC3)cc2)n1. The van der Waals surface area contributed by atoms with Crippen molar-refractivity contribution in [3.8, 4) is 22.6 Å². The van der Waals surface area contributed by atoms with Gasteiger partial charge in [0.1, 0.15) is 28.5 Å². The summed E-state index contributed by atoms with van der Waals surface area (Å²) in [5.41, 5.74) is 5.78. The van der Waals surface area contributed by atoms with E-state index in [1.807, 2.05) is 42.3 Å². The first kappa shape index (κ1) is 29.5. The highest BCUT2D eigenvalue weighted by molar-refractivity contribution is 6.29. The summed E-state index contributed by atoms with van der Waals surface area (Å²) in [6.45, 7) is 3.47. The van der Waals surface area contributed by atoms with Crippen molar-refractivity contribution in [2.75, 3.05) is 44.2 Å². The summed E-state index contributed by atoms with van der Waals surface area (Å²) in [6, 6.07) is 15.6. The summed E-state index contributed by atoms with van der Waals surface area (Å²) in [5.74, 6) is 1.50. The Kier molecular flexibility index (Phi) is 7.33. The molecule has 4 aromatic heterocycles. The number of pyridine rings is 2. The van der Waals surface area contributed by atoms with Gasteiger partial charge < -0.3 is 4.90 Å². The number of hydrogen-bond acceptors (Lipinski definition) is 8. The molecule has 47 heavy (non-hydrogen) atoms. The monoisotopic (exact) mass is 648 g/mol. The fourth-order valence-corrected chi connectivity index (χ4v) is 7.13. The minimum Gasteiger partial charge on any atom is -0.338 e. The van der Waals surface area contributed by atoms with E-state index in [4.69, 9.17) is 16.6 Å². The molecule has 0 unspecified atom stereocenters. The van der Waals surface area contributed by atoms with Crippen LogP contribution in [-0.2, 0) is 16.6 Å². The highest BCUT2D eigenvalue weighted by Crippen LogP contribution is 2.42. The molecule has 0 aliphatic carbocycles. The Hall–Kier alpha value is -4.94. The number of carbonyl (C=O) groups excluding carboxylic acids is 2. The van der Waals surface area contributed by atoms with Crippen molar-refractivity contribution in [3.05, 3.63) is 77.8 Å². The molecule has 1 N–H and O–H groups in total. The lowest BCUT2D eigenvalue weighted by Crippen LogP contribution is -2.43. The molecule has 0 radical (unpaired) electrons. The molecule has 1 atom stereocenters. The number of H-pyrrole nitrogens is 1. The van der Waals surface area contributed by atoms with Gasteiger partial charge in [0.2, 0.25) is 11.8 Å². The minimum atomic E-state index is -0.498. The zero-order valence-corrected chi connectivity index (χ0v) is 26.7. The molecule has 0 bridgehead atoms. The minimum absolute atomic E-state index is 0.0768. The summed E-state index contributed by atoms with van der Waals surface area (Å²) in [4.78, 5) is 46.5. The molecular formula is C34H33ClN10O2. The maximum absolute atomic E-state index is 13.9. The van der Waals surface area contributed by atoms with Crippen LogP contribution in [0.2, 0.25) is 5.15 Å². The summed E-state index contributed by atoms with van der Waals surface area (Å²) >= 11 is 5.97. The van der Waals surface area contributed by atoms with E-state index in [-0.39, 0.29) is 11.8 Å². The number of rotatable bonds is 6. The van der Waals surface area contributed by atoms with E-state index in [2.05, 4.69) is 48.4 Å². The van der Waals surface area contributed by atoms with Crippen molar-refractivity contribution in [3.63, 3.8) is 0 Å². The van der Waals surface area contributed by atoms with Gasteiger partial charge in [0.05, 0.1) is 17.5 Å². The molecule has 238 valence electrons. The van der Waals surface area contributed by atoms with Crippen molar-refractivity contribution in [2.45, 2.75) is 19.3 Å². The molecule has 2 amide bonds. The number of amides is 2. The quantitative estimate of drug-likeness (QED) is 0.271. The predicted molar refractivity (Wildman–Crippen MR) is 178 cm³/mol. The van der Waals surface area contributed by atoms with Gasteiger partial charge in [0.15, 0.2) is 5.82 Å². The van der Waals surface area contributed by atoms with Crippen LogP contribution in [0.4, 0.5) is 5.82 Å². The number of aryl methyl sites for hydroxylation is 1. The van der Waals surface area contributed by atoms with E-state index < -0.39 is 5.41 Å². The van der Waals surface area contributed by atoms with E-state index >= 15 is 0 Å². The van der Waals surface area contributed by atoms with Crippen molar-refractivity contribution in [1.29, 1.82) is 0 Å². The van der Waals surface area contributed by atoms with Gasteiger partial charge in [0, 0.05) is 50.6 Å². The number of nitrogens with zero attached hydrogens (tertiary/aromatic N) is 9. The van der Waals surface area contributed by atoms with Crippen molar-refractivity contribution >= 4 is 45.8 Å². The number of carbonyl (C=O) groups is 2. The van der Waals surface area contributed by atoms with Crippen LogP contribution in [0.5, 0.6) is 0 Å². The zero-order chi connectivity index (χ0) is 32.1. The number of anilines is 1. The molecule has 8 rings (SSSR count). The van der Waals surface area contributed by atoms with Crippen LogP contribution >= 0.6 is 11.6 Å². The lowest BCUT2D eigenvalue weighted by atomic mass is 9.85. The fraction of sp³-hybridized carbons (Fsp3) is 0.324. The summed E-state index contributed by atoms with van der Waals surface area (Å²) < 4.78 is 1.69. The lowest BCUT2D eigenvalue weighted by Gasteiger charge is -2.29. The largest absolute Gasteiger partial charge is 0.338 e. The molecule has 5 aromatic rings. The van der Waals surface area contributed by atoms with Gasteiger partial charge in [-0.15, -0.1) is 0 Å². The molecular weight excluding hydrogens is 616 g/mol. The van der Waals surface area contributed by atoms with Gasteiger partial charge in [0.25, 0.3) is 0 Å².